The van der Waals surface area contributed by atoms with Gasteiger partial charge >= 0.3 is 0 Å². The van der Waals surface area contributed by atoms with Gasteiger partial charge in [-0.15, -0.1) is 5.10 Å². The molecule has 0 bridgehead atoms. The lowest BCUT2D eigenvalue weighted by Gasteiger charge is -2.23. The van der Waals surface area contributed by atoms with Crippen LogP contribution >= 0.6 is 0 Å². The summed E-state index contributed by atoms with van der Waals surface area (Å²) in [5, 5.41) is 16.5. The lowest BCUT2D eigenvalue weighted by molar-refractivity contribution is 0.174. The summed E-state index contributed by atoms with van der Waals surface area (Å²) in [4.78, 5) is 0. The second-order valence-corrected chi connectivity index (χ2v) is 7.31. The number of fused-ring (bicyclic) bond motifs is 1. The highest BCUT2D eigenvalue weighted by Gasteiger charge is 2.28. The highest BCUT2D eigenvalue weighted by molar-refractivity contribution is 5.46. The molecular weight excluding hydrogens is 390 g/mol. The zero-order valence-electron chi connectivity index (χ0n) is 17.2. The van der Waals surface area contributed by atoms with E-state index >= 15 is 0 Å². The zero-order valence-corrected chi connectivity index (χ0v) is 17.2. The lowest BCUT2D eigenvalue weighted by atomic mass is 9.98. The van der Waals surface area contributed by atoms with Crippen LogP contribution in [0.5, 0.6) is 11.5 Å². The Kier molecular flexibility index (Phi) is 5.33. The molecule has 1 aliphatic rings. The van der Waals surface area contributed by atoms with Crippen molar-refractivity contribution in [2.45, 2.75) is 19.0 Å². The summed E-state index contributed by atoms with van der Waals surface area (Å²) in [6, 6.07) is 26.2. The number of hydrogen-bond acceptors (Lipinski definition) is 6. The van der Waals surface area contributed by atoms with Crippen LogP contribution in [0.4, 0.5) is 0 Å². The van der Waals surface area contributed by atoms with E-state index in [4.69, 9.17) is 9.47 Å². The van der Waals surface area contributed by atoms with Crippen molar-refractivity contribution in [1.29, 1.82) is 0 Å². The summed E-state index contributed by atoms with van der Waals surface area (Å²) >= 11 is 0. The maximum atomic E-state index is 5.59. The van der Waals surface area contributed by atoms with E-state index in [2.05, 4.69) is 52.0 Å². The fourth-order valence-corrected chi connectivity index (χ4v) is 3.98. The van der Waals surface area contributed by atoms with Gasteiger partial charge in [0.25, 0.3) is 0 Å². The molecule has 0 radical (unpaired) electrons. The first kappa shape index (κ1) is 19.3. The van der Waals surface area contributed by atoms with Crippen LogP contribution in [0.3, 0.4) is 0 Å². The van der Waals surface area contributed by atoms with Crippen LogP contribution in [-0.4, -0.2) is 33.5 Å². The van der Waals surface area contributed by atoms with Crippen molar-refractivity contribution in [2.24, 2.45) is 0 Å². The Balaban J connectivity index is 1.62. The molecule has 0 aliphatic carbocycles. The molecule has 156 valence electrons. The molecule has 5 rings (SSSR count). The highest BCUT2D eigenvalue weighted by atomic mass is 16.7. The third kappa shape index (κ3) is 3.75. The maximum Gasteiger partial charge on any atom is 0.231 e. The average Bonchev–Trinajstić information content (AvgIpc) is 3.48. The van der Waals surface area contributed by atoms with Crippen LogP contribution in [-0.2, 0) is 0 Å². The third-order valence-corrected chi connectivity index (χ3v) is 5.39. The highest BCUT2D eigenvalue weighted by Crippen LogP contribution is 2.36. The van der Waals surface area contributed by atoms with Crippen LogP contribution < -0.4 is 14.8 Å². The van der Waals surface area contributed by atoms with E-state index in [1.807, 2.05) is 59.3 Å². The van der Waals surface area contributed by atoms with E-state index in [0.29, 0.717) is 0 Å². The third-order valence-electron chi connectivity index (χ3n) is 5.39. The molecule has 0 unspecified atom stereocenters. The van der Waals surface area contributed by atoms with Crippen molar-refractivity contribution in [3.63, 3.8) is 0 Å². The molecule has 0 saturated heterocycles. The molecule has 1 aliphatic heterocycles. The Morgan fingerprint density at radius 1 is 0.871 bits per heavy atom. The number of hydrogen-bond donors (Lipinski definition) is 1. The molecule has 0 amide bonds. The number of aromatic nitrogens is 4. The molecule has 4 aromatic rings. The number of nitrogens with one attached hydrogen (secondary N) is 1. The number of benzene rings is 3. The minimum absolute atomic E-state index is 0.150. The van der Waals surface area contributed by atoms with Crippen molar-refractivity contribution in [1.82, 2.24) is 25.5 Å². The topological polar surface area (TPSA) is 74.1 Å². The molecule has 1 N–H and O–H groups in total. The van der Waals surface area contributed by atoms with Gasteiger partial charge < -0.3 is 14.8 Å². The van der Waals surface area contributed by atoms with E-state index in [9.17, 15) is 0 Å². The number of tetrazole rings is 1. The molecule has 1 aromatic heterocycles. The maximum absolute atomic E-state index is 5.59. The minimum Gasteiger partial charge on any atom is -0.454 e. The molecule has 0 saturated carbocycles. The summed E-state index contributed by atoms with van der Waals surface area (Å²) in [6.45, 7) is 3.07. The SMILES string of the molecule is CCN[C@H](c1ccc2c(c1)OCO2)c1nnnn1C(c1ccccc1)c1ccccc1. The fourth-order valence-electron chi connectivity index (χ4n) is 3.98. The molecule has 3 aromatic carbocycles. The first-order valence-electron chi connectivity index (χ1n) is 10.4. The van der Waals surface area contributed by atoms with E-state index in [-0.39, 0.29) is 18.9 Å². The molecule has 0 spiro atoms. The van der Waals surface area contributed by atoms with E-state index < -0.39 is 0 Å². The largest absolute Gasteiger partial charge is 0.454 e. The quantitative estimate of drug-likeness (QED) is 0.498. The fraction of sp³-hybridized carbons (Fsp3) is 0.208. The monoisotopic (exact) mass is 413 g/mol. The van der Waals surface area contributed by atoms with Gasteiger partial charge in [-0.3, -0.25) is 0 Å². The van der Waals surface area contributed by atoms with E-state index in [0.717, 1.165) is 40.6 Å². The average molecular weight is 413 g/mol. The second-order valence-electron chi connectivity index (χ2n) is 7.31. The standard InChI is InChI=1S/C24H23N5O2/c1-2-25-22(19-13-14-20-21(15-19)31-16-30-20)24-26-27-28-29(24)23(17-9-5-3-6-10-17)18-11-7-4-8-12-18/h3-15,22-23,25H,2,16H2,1H3/t22-/m1/s1. The van der Waals surface area contributed by atoms with Crippen LogP contribution in [0.15, 0.2) is 78.9 Å². The predicted molar refractivity (Wildman–Crippen MR) is 116 cm³/mol. The molecule has 7 nitrogen and oxygen atoms in total. The first-order chi connectivity index (χ1) is 15.3. The summed E-state index contributed by atoms with van der Waals surface area (Å²) in [7, 11) is 0. The van der Waals surface area contributed by atoms with Crippen LogP contribution in [0, 0.1) is 0 Å². The van der Waals surface area contributed by atoms with Crippen LogP contribution in [0.25, 0.3) is 0 Å². The summed E-state index contributed by atoms with van der Waals surface area (Å²) in [5.74, 6) is 2.23. The van der Waals surface area contributed by atoms with Crippen LogP contribution in [0.1, 0.15) is 41.5 Å². The van der Waals surface area contributed by atoms with Gasteiger partial charge in [0.05, 0.1) is 6.04 Å². The molecule has 2 heterocycles. The zero-order chi connectivity index (χ0) is 21.0. The van der Waals surface area contributed by atoms with E-state index in [1.165, 1.54) is 0 Å². The molecule has 0 fully saturated rings. The minimum atomic E-state index is -0.204. The lowest BCUT2D eigenvalue weighted by Crippen LogP contribution is -2.28. The van der Waals surface area contributed by atoms with Crippen molar-refractivity contribution in [3.05, 3.63) is 101 Å². The normalized spacial score (nSPS) is 13.5. The van der Waals surface area contributed by atoms with Crippen LogP contribution in [0.2, 0.25) is 0 Å². The number of ether oxygens (including phenoxy) is 2. The summed E-state index contributed by atoms with van der Waals surface area (Å²) < 4.78 is 13.0. The predicted octanol–water partition coefficient (Wildman–Crippen LogP) is 3.74. The molecule has 1 atom stereocenters. The number of nitrogens with zero attached hydrogens (tertiary/aromatic N) is 4. The van der Waals surface area contributed by atoms with Gasteiger partial charge in [-0.2, -0.15) is 0 Å². The number of rotatable bonds is 7. The van der Waals surface area contributed by atoms with Crippen molar-refractivity contribution >= 4 is 0 Å². The van der Waals surface area contributed by atoms with Crippen molar-refractivity contribution in [3.8, 4) is 11.5 Å². The Hall–Kier alpha value is -3.71. The smallest absolute Gasteiger partial charge is 0.231 e. The Morgan fingerprint density at radius 2 is 1.55 bits per heavy atom. The van der Waals surface area contributed by atoms with Gasteiger partial charge in [-0.25, -0.2) is 4.68 Å². The summed E-state index contributed by atoms with van der Waals surface area (Å²) in [5.41, 5.74) is 3.24. The molecule has 7 heteroatoms. The van der Waals surface area contributed by atoms with Gasteiger partial charge in [0.2, 0.25) is 6.79 Å². The first-order valence-corrected chi connectivity index (χ1v) is 10.4. The molecule has 31 heavy (non-hydrogen) atoms. The van der Waals surface area contributed by atoms with Gasteiger partial charge in [-0.1, -0.05) is 73.7 Å². The van der Waals surface area contributed by atoms with Gasteiger partial charge in [0.15, 0.2) is 17.3 Å². The Labute approximate surface area is 180 Å². The Bertz CT molecular complexity index is 1110. The summed E-state index contributed by atoms with van der Waals surface area (Å²) in [6.07, 6.45) is 0. The Morgan fingerprint density at radius 3 is 2.23 bits per heavy atom. The van der Waals surface area contributed by atoms with Crippen molar-refractivity contribution < 1.29 is 9.47 Å². The van der Waals surface area contributed by atoms with Gasteiger partial charge in [-0.05, 0) is 45.8 Å². The van der Waals surface area contributed by atoms with E-state index in [1.54, 1.807) is 0 Å². The van der Waals surface area contributed by atoms with Crippen molar-refractivity contribution in [2.75, 3.05) is 13.3 Å². The second kappa shape index (κ2) is 8.57. The van der Waals surface area contributed by atoms with Gasteiger partial charge in [0, 0.05) is 0 Å². The molecular formula is C24H23N5O2. The van der Waals surface area contributed by atoms with Gasteiger partial charge in [0.1, 0.15) is 6.04 Å².